The van der Waals surface area contributed by atoms with Crippen LogP contribution in [0.2, 0.25) is 0 Å². The van der Waals surface area contributed by atoms with Gasteiger partial charge in [-0.15, -0.1) is 0 Å². The van der Waals surface area contributed by atoms with Crippen molar-refractivity contribution in [1.29, 1.82) is 0 Å². The van der Waals surface area contributed by atoms with E-state index < -0.39 is 0 Å². The summed E-state index contributed by atoms with van der Waals surface area (Å²) in [6, 6.07) is 63.8. The number of fused-ring (bicyclic) bond motifs is 8. The molecule has 5 nitrogen and oxygen atoms in total. The monoisotopic (exact) mass is 771 g/mol. The van der Waals surface area contributed by atoms with Crippen LogP contribution >= 0.6 is 0 Å². The number of allylic oxidation sites excluding steroid dienone is 4. The van der Waals surface area contributed by atoms with Gasteiger partial charge in [-0.3, -0.25) is 0 Å². The molecule has 60 heavy (non-hydrogen) atoms. The van der Waals surface area contributed by atoms with E-state index in [1.165, 1.54) is 16.7 Å². The molecule has 1 N–H and O–H groups in total. The van der Waals surface area contributed by atoms with E-state index in [0.29, 0.717) is 5.84 Å². The van der Waals surface area contributed by atoms with E-state index in [1.807, 2.05) is 30.3 Å². The molecule has 8 aromatic carbocycles. The zero-order chi connectivity index (χ0) is 39.6. The largest absolute Gasteiger partial charge is 0.461 e. The van der Waals surface area contributed by atoms with Gasteiger partial charge in [0.25, 0.3) is 0 Å². The van der Waals surface area contributed by atoms with Crippen molar-refractivity contribution in [3.8, 4) is 28.0 Å². The average molecular weight is 772 g/mol. The standard InChI is InChI=1S/C55H37N3O2/c1-3-11-34(12-4-1)35-23-25-40(26-24-35)54-56-53(39-14-5-2-6-15-39)57-55(58-54)47-31-42(33-50-51(47)46-30-27-38-13-7-8-16-43(38)52(46)60-50)37-21-19-36(20-22-37)41-28-29-45-44-17-9-10-18-48(44)59-49(45)32-41/h1-28,30-33,45,54H,29H2,(H,56,57,58). The second-order valence-corrected chi connectivity index (χ2v) is 15.7. The molecule has 2 unspecified atom stereocenters. The van der Waals surface area contributed by atoms with Gasteiger partial charge in [-0.2, -0.15) is 0 Å². The van der Waals surface area contributed by atoms with Crippen LogP contribution in [0.3, 0.4) is 0 Å². The number of para-hydroxylation sites is 1. The summed E-state index contributed by atoms with van der Waals surface area (Å²) < 4.78 is 13.2. The van der Waals surface area contributed by atoms with Crippen LogP contribution in [0.5, 0.6) is 5.75 Å². The molecular formula is C55H37N3O2. The SMILES string of the molecule is C1=C(c2ccc(-c3cc(C4=NC(c5ccc(-c6ccccc6)cc5)NC(c5ccccc5)=N4)c4c(c3)oc3c5ccccc5ccc34)cc2)C=C2Oc3ccccc3C2C1. The lowest BCUT2D eigenvalue weighted by Gasteiger charge is -2.24. The number of ether oxygens (including phenoxy) is 1. The van der Waals surface area contributed by atoms with Crippen molar-refractivity contribution >= 4 is 50.0 Å². The molecule has 0 saturated carbocycles. The Bertz CT molecular complexity index is 3270. The summed E-state index contributed by atoms with van der Waals surface area (Å²) in [4.78, 5) is 10.7. The number of benzene rings is 8. The molecule has 12 rings (SSSR count). The fourth-order valence-electron chi connectivity index (χ4n) is 9.05. The van der Waals surface area contributed by atoms with E-state index in [1.54, 1.807) is 0 Å². The summed E-state index contributed by atoms with van der Waals surface area (Å²) in [5.74, 6) is 3.69. The van der Waals surface area contributed by atoms with Crippen molar-refractivity contribution in [3.05, 3.63) is 228 Å². The van der Waals surface area contributed by atoms with Gasteiger partial charge in [-0.25, -0.2) is 9.98 Å². The molecule has 2 aliphatic heterocycles. The highest BCUT2D eigenvalue weighted by Crippen LogP contribution is 2.46. The first-order valence-corrected chi connectivity index (χ1v) is 20.5. The van der Waals surface area contributed by atoms with Gasteiger partial charge in [0, 0.05) is 38.8 Å². The predicted molar refractivity (Wildman–Crippen MR) is 244 cm³/mol. The van der Waals surface area contributed by atoms with Crippen LogP contribution in [0.25, 0.3) is 60.5 Å². The van der Waals surface area contributed by atoms with Crippen LogP contribution in [-0.2, 0) is 0 Å². The Kier molecular flexibility index (Phi) is 7.98. The summed E-state index contributed by atoms with van der Waals surface area (Å²) in [6.07, 6.45) is 5.08. The van der Waals surface area contributed by atoms with Crippen LogP contribution in [0.15, 0.2) is 214 Å². The second kappa shape index (κ2) is 14.0. The van der Waals surface area contributed by atoms with Crippen LogP contribution in [-0.4, -0.2) is 11.7 Å². The quantitative estimate of drug-likeness (QED) is 0.183. The molecule has 0 radical (unpaired) electrons. The lowest BCUT2D eigenvalue weighted by molar-refractivity contribution is 0.426. The summed E-state index contributed by atoms with van der Waals surface area (Å²) in [6.45, 7) is 0. The lowest BCUT2D eigenvalue weighted by Crippen LogP contribution is -2.33. The van der Waals surface area contributed by atoms with Crippen molar-refractivity contribution in [1.82, 2.24) is 5.32 Å². The van der Waals surface area contributed by atoms with Crippen molar-refractivity contribution in [2.45, 2.75) is 18.5 Å². The van der Waals surface area contributed by atoms with Gasteiger partial charge < -0.3 is 14.5 Å². The van der Waals surface area contributed by atoms with Crippen molar-refractivity contribution in [2.75, 3.05) is 0 Å². The highest BCUT2D eigenvalue weighted by Gasteiger charge is 2.31. The fourth-order valence-corrected chi connectivity index (χ4v) is 9.05. The van der Waals surface area contributed by atoms with E-state index in [9.17, 15) is 0 Å². The number of aliphatic imine (C=N–C) groups is 2. The Labute approximate surface area is 347 Å². The Morgan fingerprint density at radius 2 is 1.25 bits per heavy atom. The van der Waals surface area contributed by atoms with Gasteiger partial charge in [0.1, 0.15) is 34.7 Å². The fraction of sp³-hybridized carbons (Fsp3) is 0.0545. The van der Waals surface area contributed by atoms with Crippen LogP contribution in [0.4, 0.5) is 0 Å². The van der Waals surface area contributed by atoms with Gasteiger partial charge >= 0.3 is 0 Å². The predicted octanol–water partition coefficient (Wildman–Crippen LogP) is 13.4. The maximum Gasteiger partial charge on any atom is 0.160 e. The van der Waals surface area contributed by atoms with E-state index in [4.69, 9.17) is 19.1 Å². The molecular weight excluding hydrogens is 735 g/mol. The van der Waals surface area contributed by atoms with Crippen LogP contribution < -0.4 is 10.1 Å². The van der Waals surface area contributed by atoms with Gasteiger partial charge in [-0.1, -0.05) is 164 Å². The Balaban J connectivity index is 0.990. The molecule has 284 valence electrons. The molecule has 5 heteroatoms. The highest BCUT2D eigenvalue weighted by atomic mass is 16.5. The Morgan fingerprint density at radius 3 is 2.08 bits per heavy atom. The van der Waals surface area contributed by atoms with Crippen LogP contribution in [0.1, 0.15) is 46.3 Å². The summed E-state index contributed by atoms with van der Waals surface area (Å²) in [5.41, 5.74) is 12.7. The van der Waals surface area contributed by atoms with E-state index >= 15 is 0 Å². The molecule has 0 fully saturated rings. The number of rotatable bonds is 6. The first-order chi connectivity index (χ1) is 29.7. The van der Waals surface area contributed by atoms with Gasteiger partial charge in [-0.05, 0) is 81.1 Å². The first kappa shape index (κ1) is 34.3. The van der Waals surface area contributed by atoms with Crippen molar-refractivity contribution < 1.29 is 9.15 Å². The summed E-state index contributed by atoms with van der Waals surface area (Å²) in [5, 5.41) is 7.91. The third kappa shape index (κ3) is 5.85. The maximum atomic E-state index is 6.87. The van der Waals surface area contributed by atoms with Crippen molar-refractivity contribution in [2.24, 2.45) is 9.98 Å². The molecule has 0 saturated heterocycles. The molecule has 1 aromatic heterocycles. The summed E-state index contributed by atoms with van der Waals surface area (Å²) in [7, 11) is 0. The van der Waals surface area contributed by atoms with Gasteiger partial charge in [0.2, 0.25) is 0 Å². The minimum absolute atomic E-state index is 0.284. The smallest absolute Gasteiger partial charge is 0.160 e. The third-order valence-corrected chi connectivity index (χ3v) is 12.1. The van der Waals surface area contributed by atoms with Gasteiger partial charge in [0.05, 0.1) is 0 Å². The molecule has 0 spiro atoms. The molecule has 2 atom stereocenters. The number of hydrogen-bond acceptors (Lipinski definition) is 5. The van der Waals surface area contributed by atoms with Crippen LogP contribution in [0, 0.1) is 0 Å². The van der Waals surface area contributed by atoms with Crippen molar-refractivity contribution in [3.63, 3.8) is 0 Å². The molecule has 1 aliphatic carbocycles. The lowest BCUT2D eigenvalue weighted by atomic mass is 9.87. The number of furan rings is 1. The number of amidine groups is 2. The number of hydrogen-bond donors (Lipinski definition) is 1. The third-order valence-electron chi connectivity index (χ3n) is 12.1. The number of nitrogens with zero attached hydrogens (tertiary/aromatic N) is 2. The Hall–Kier alpha value is -7.76. The average Bonchev–Trinajstić information content (AvgIpc) is 3.90. The van der Waals surface area contributed by atoms with E-state index in [-0.39, 0.29) is 12.1 Å². The molecule has 3 aliphatic rings. The number of nitrogens with one attached hydrogen (secondary N) is 1. The van der Waals surface area contributed by atoms with Gasteiger partial charge in [0.15, 0.2) is 5.84 Å². The maximum absolute atomic E-state index is 6.87. The van der Waals surface area contributed by atoms with E-state index in [2.05, 4.69) is 169 Å². The summed E-state index contributed by atoms with van der Waals surface area (Å²) >= 11 is 0. The topological polar surface area (TPSA) is 59.1 Å². The first-order valence-electron chi connectivity index (χ1n) is 20.5. The zero-order valence-electron chi connectivity index (χ0n) is 32.5. The molecule has 0 amide bonds. The molecule has 3 heterocycles. The normalized spacial score (nSPS) is 16.9. The minimum atomic E-state index is -0.372. The highest BCUT2D eigenvalue weighted by molar-refractivity contribution is 6.25. The second-order valence-electron chi connectivity index (χ2n) is 15.7. The Morgan fingerprint density at radius 1 is 0.567 bits per heavy atom. The minimum Gasteiger partial charge on any atom is -0.461 e. The molecule has 0 bridgehead atoms. The molecule has 9 aromatic rings. The zero-order valence-corrected chi connectivity index (χ0v) is 32.5. The van der Waals surface area contributed by atoms with E-state index in [0.717, 1.165) is 95.4 Å².